The summed E-state index contributed by atoms with van der Waals surface area (Å²) in [6.45, 7) is 3.78. The van der Waals surface area contributed by atoms with E-state index in [9.17, 15) is 9.59 Å². The highest BCUT2D eigenvalue weighted by Crippen LogP contribution is 2.25. The number of hydrogen-bond donors (Lipinski definition) is 2. The Kier molecular flexibility index (Phi) is 6.78. The van der Waals surface area contributed by atoms with Gasteiger partial charge in [-0.1, -0.05) is 43.5 Å². The lowest BCUT2D eigenvalue weighted by Gasteiger charge is -2.22. The Bertz CT molecular complexity index is 523. The summed E-state index contributed by atoms with van der Waals surface area (Å²) in [5.74, 6) is -0.547. The molecular weight excluding hydrogens is 315 g/mol. The fourth-order valence-electron chi connectivity index (χ4n) is 1.69. The second-order valence-electron chi connectivity index (χ2n) is 4.61. The van der Waals surface area contributed by atoms with Crippen LogP contribution in [0.1, 0.15) is 20.3 Å². The van der Waals surface area contributed by atoms with E-state index in [-0.39, 0.29) is 5.92 Å². The molecule has 1 aromatic carbocycles. The Hall–Kier alpha value is -1.46. The number of hydrogen-bond acceptors (Lipinski definition) is 3. The van der Waals surface area contributed by atoms with E-state index in [2.05, 4.69) is 10.6 Å². The highest BCUT2D eigenvalue weighted by Gasteiger charge is 2.26. The number of nitrogens with one attached hydrogen (secondary N) is 2. The molecule has 1 aromatic rings. The van der Waals surface area contributed by atoms with Crippen LogP contribution in [-0.2, 0) is 9.53 Å². The number of ether oxygens (including phenoxy) is 1. The molecule has 0 spiro atoms. The zero-order valence-electron chi connectivity index (χ0n) is 12.1. The van der Waals surface area contributed by atoms with Crippen LogP contribution in [0.5, 0.6) is 0 Å². The SMILES string of the molecule is CC[C@@H](C)[C@H](NC(=O)Nc1cc(Cl)ccc1Cl)C(=O)OC. The van der Waals surface area contributed by atoms with Crippen molar-refractivity contribution in [1.82, 2.24) is 5.32 Å². The fourth-order valence-corrected chi connectivity index (χ4v) is 2.03. The van der Waals surface area contributed by atoms with Crippen LogP contribution in [0.25, 0.3) is 0 Å². The van der Waals surface area contributed by atoms with Crippen LogP contribution in [0.4, 0.5) is 10.5 Å². The van der Waals surface area contributed by atoms with E-state index < -0.39 is 18.0 Å². The van der Waals surface area contributed by atoms with Crippen molar-refractivity contribution in [2.24, 2.45) is 5.92 Å². The largest absolute Gasteiger partial charge is 0.467 e. The zero-order chi connectivity index (χ0) is 16.0. The summed E-state index contributed by atoms with van der Waals surface area (Å²) in [6, 6.07) is 3.45. The molecule has 5 nitrogen and oxygen atoms in total. The first-order chi connectivity index (χ1) is 9.88. The van der Waals surface area contributed by atoms with Gasteiger partial charge in [-0.2, -0.15) is 0 Å². The molecular formula is C14H18Cl2N2O3. The van der Waals surface area contributed by atoms with Gasteiger partial charge in [-0.25, -0.2) is 9.59 Å². The lowest BCUT2D eigenvalue weighted by atomic mass is 9.99. The first-order valence-electron chi connectivity index (χ1n) is 6.49. The maximum Gasteiger partial charge on any atom is 0.328 e. The third-order valence-electron chi connectivity index (χ3n) is 3.13. The van der Waals surface area contributed by atoms with Crippen LogP contribution >= 0.6 is 23.2 Å². The molecule has 0 saturated heterocycles. The van der Waals surface area contributed by atoms with Gasteiger partial charge in [0.15, 0.2) is 0 Å². The summed E-state index contributed by atoms with van der Waals surface area (Å²) in [5, 5.41) is 5.95. The third-order valence-corrected chi connectivity index (χ3v) is 3.70. The maximum absolute atomic E-state index is 12.0. The maximum atomic E-state index is 12.0. The van der Waals surface area contributed by atoms with Gasteiger partial charge in [0.2, 0.25) is 0 Å². The minimum Gasteiger partial charge on any atom is -0.467 e. The van der Waals surface area contributed by atoms with Crippen molar-refractivity contribution in [2.45, 2.75) is 26.3 Å². The Balaban J connectivity index is 2.78. The van der Waals surface area contributed by atoms with Gasteiger partial charge in [0.25, 0.3) is 0 Å². The Morgan fingerprint density at radius 1 is 1.33 bits per heavy atom. The number of carbonyl (C=O) groups excluding carboxylic acids is 2. The highest BCUT2D eigenvalue weighted by molar-refractivity contribution is 6.35. The highest BCUT2D eigenvalue weighted by atomic mass is 35.5. The van der Waals surface area contributed by atoms with Gasteiger partial charge in [0, 0.05) is 5.02 Å². The molecule has 0 radical (unpaired) electrons. The van der Waals surface area contributed by atoms with Gasteiger partial charge in [-0.05, 0) is 24.1 Å². The third kappa shape index (κ3) is 5.10. The van der Waals surface area contributed by atoms with Crippen LogP contribution in [0.2, 0.25) is 10.0 Å². The van der Waals surface area contributed by atoms with E-state index in [4.69, 9.17) is 27.9 Å². The lowest BCUT2D eigenvalue weighted by Crippen LogP contribution is -2.47. The van der Waals surface area contributed by atoms with Crippen LogP contribution in [0.3, 0.4) is 0 Å². The van der Waals surface area contributed by atoms with Gasteiger partial charge < -0.3 is 15.4 Å². The molecule has 116 valence electrons. The molecule has 0 unspecified atom stereocenters. The van der Waals surface area contributed by atoms with Gasteiger partial charge in [-0.3, -0.25) is 0 Å². The number of halogens is 2. The molecule has 0 aliphatic carbocycles. The van der Waals surface area contributed by atoms with Crippen molar-refractivity contribution >= 4 is 40.9 Å². The minimum absolute atomic E-state index is 0.0574. The van der Waals surface area contributed by atoms with Gasteiger partial charge in [0.05, 0.1) is 17.8 Å². The predicted octanol–water partition coefficient (Wildman–Crippen LogP) is 3.70. The molecule has 0 fully saturated rings. The Morgan fingerprint density at radius 2 is 2.00 bits per heavy atom. The van der Waals surface area contributed by atoms with Crippen molar-refractivity contribution in [3.63, 3.8) is 0 Å². The summed E-state index contributed by atoms with van der Waals surface area (Å²) in [7, 11) is 1.28. The van der Waals surface area contributed by atoms with E-state index in [0.29, 0.717) is 15.7 Å². The van der Waals surface area contributed by atoms with Crippen molar-refractivity contribution in [2.75, 3.05) is 12.4 Å². The normalized spacial score (nSPS) is 13.2. The quantitative estimate of drug-likeness (QED) is 0.808. The number of anilines is 1. The number of methoxy groups -OCH3 is 1. The van der Waals surface area contributed by atoms with Crippen LogP contribution < -0.4 is 10.6 Å². The van der Waals surface area contributed by atoms with E-state index >= 15 is 0 Å². The Morgan fingerprint density at radius 3 is 2.57 bits per heavy atom. The van der Waals surface area contributed by atoms with Crippen LogP contribution in [0, 0.1) is 5.92 Å². The summed E-state index contributed by atoms with van der Waals surface area (Å²) < 4.78 is 4.70. The van der Waals surface area contributed by atoms with Crippen molar-refractivity contribution in [3.05, 3.63) is 28.2 Å². The average Bonchev–Trinajstić information content (AvgIpc) is 2.47. The predicted molar refractivity (Wildman–Crippen MR) is 83.9 cm³/mol. The lowest BCUT2D eigenvalue weighted by molar-refractivity contribution is -0.144. The smallest absolute Gasteiger partial charge is 0.328 e. The second kappa shape index (κ2) is 8.10. The molecule has 21 heavy (non-hydrogen) atoms. The number of benzene rings is 1. The Labute approximate surface area is 133 Å². The summed E-state index contributed by atoms with van der Waals surface area (Å²) in [4.78, 5) is 23.7. The molecule has 7 heteroatoms. The van der Waals surface area contributed by atoms with E-state index in [1.165, 1.54) is 13.2 Å². The molecule has 2 atom stereocenters. The summed E-state index contributed by atoms with van der Waals surface area (Å²) in [5.41, 5.74) is 0.370. The van der Waals surface area contributed by atoms with Crippen molar-refractivity contribution in [1.29, 1.82) is 0 Å². The molecule has 0 aromatic heterocycles. The molecule has 0 aliphatic rings. The van der Waals surface area contributed by atoms with Gasteiger partial charge in [0.1, 0.15) is 6.04 Å². The van der Waals surface area contributed by atoms with E-state index in [1.54, 1.807) is 12.1 Å². The standard InChI is InChI=1S/C14H18Cl2N2O3/c1-4-8(2)12(13(19)21-3)18-14(20)17-11-7-9(15)5-6-10(11)16/h5-8,12H,4H2,1-3H3,(H2,17,18,20)/t8-,12+/m1/s1. The molecule has 0 bridgehead atoms. The molecule has 0 aliphatic heterocycles. The fraction of sp³-hybridized carbons (Fsp3) is 0.429. The van der Waals surface area contributed by atoms with Gasteiger partial charge in [-0.15, -0.1) is 0 Å². The zero-order valence-corrected chi connectivity index (χ0v) is 13.6. The molecule has 1 rings (SSSR count). The van der Waals surface area contributed by atoms with Crippen molar-refractivity contribution < 1.29 is 14.3 Å². The number of rotatable bonds is 5. The van der Waals surface area contributed by atoms with Crippen LogP contribution in [-0.4, -0.2) is 25.2 Å². The summed E-state index contributed by atoms with van der Waals surface area (Å²) >= 11 is 11.8. The molecule has 2 amide bonds. The summed E-state index contributed by atoms with van der Waals surface area (Å²) in [6.07, 6.45) is 0.720. The minimum atomic E-state index is -0.724. The molecule has 0 saturated carbocycles. The molecule has 0 heterocycles. The number of urea groups is 1. The van der Waals surface area contributed by atoms with Crippen LogP contribution in [0.15, 0.2) is 18.2 Å². The number of amides is 2. The second-order valence-corrected chi connectivity index (χ2v) is 5.45. The van der Waals surface area contributed by atoms with Crippen molar-refractivity contribution in [3.8, 4) is 0 Å². The topological polar surface area (TPSA) is 67.4 Å². The van der Waals surface area contributed by atoms with Gasteiger partial charge >= 0.3 is 12.0 Å². The monoisotopic (exact) mass is 332 g/mol. The number of carbonyl (C=O) groups is 2. The first-order valence-corrected chi connectivity index (χ1v) is 7.25. The average molecular weight is 333 g/mol. The van der Waals surface area contributed by atoms with E-state index in [1.807, 2.05) is 13.8 Å². The first kappa shape index (κ1) is 17.6. The van der Waals surface area contributed by atoms with E-state index in [0.717, 1.165) is 6.42 Å². The molecule has 2 N–H and O–H groups in total. The number of esters is 1.